The van der Waals surface area contributed by atoms with Crippen molar-refractivity contribution >= 4 is 47.6 Å². The molecule has 0 radical (unpaired) electrons. The Hall–Kier alpha value is -1.84. The van der Waals surface area contributed by atoms with Gasteiger partial charge in [-0.05, 0) is 24.5 Å². The number of guanidine groups is 1. The van der Waals surface area contributed by atoms with Gasteiger partial charge in [0.1, 0.15) is 0 Å². The third-order valence-corrected chi connectivity index (χ3v) is 5.81. The number of hydrogen-bond acceptors (Lipinski definition) is 3. The summed E-state index contributed by atoms with van der Waals surface area (Å²) in [6.45, 7) is 1.85. The highest BCUT2D eigenvalue weighted by Crippen LogP contribution is 2.50. The molecule has 146 valence electrons. The van der Waals surface area contributed by atoms with E-state index in [1.165, 1.54) is 41.8 Å². The molecule has 0 bridgehead atoms. The van der Waals surface area contributed by atoms with E-state index in [0.717, 1.165) is 12.5 Å². The van der Waals surface area contributed by atoms with Crippen LogP contribution in [0.1, 0.15) is 31.2 Å². The van der Waals surface area contributed by atoms with Gasteiger partial charge < -0.3 is 15.5 Å². The second kappa shape index (κ2) is 8.04. The summed E-state index contributed by atoms with van der Waals surface area (Å²) in [5.74, 6) is 0.622. The molecule has 1 spiro atoms. The van der Waals surface area contributed by atoms with E-state index in [0.29, 0.717) is 13.1 Å². The van der Waals surface area contributed by atoms with Gasteiger partial charge in [0.2, 0.25) is 5.91 Å². The van der Waals surface area contributed by atoms with Gasteiger partial charge in [0.25, 0.3) is 0 Å². The molecule has 3 aliphatic rings. The predicted octanol–water partition coefficient (Wildman–Crippen LogP) is 2.06. The number of urea groups is 1. The molecule has 1 aliphatic carbocycles. The van der Waals surface area contributed by atoms with Crippen molar-refractivity contribution < 1.29 is 9.59 Å². The van der Waals surface area contributed by atoms with E-state index in [1.807, 2.05) is 0 Å². The third kappa shape index (κ3) is 3.51. The average molecular weight is 483 g/mol. The summed E-state index contributed by atoms with van der Waals surface area (Å²) in [7, 11) is 1.78. The minimum Gasteiger partial charge on any atom is -0.354 e. The lowest BCUT2D eigenvalue weighted by Crippen LogP contribution is -2.46. The lowest BCUT2D eigenvalue weighted by molar-refractivity contribution is -0.124. The Labute approximate surface area is 176 Å². The van der Waals surface area contributed by atoms with Gasteiger partial charge in [-0.3, -0.25) is 14.7 Å². The number of imide groups is 1. The third-order valence-electron chi connectivity index (χ3n) is 5.81. The highest BCUT2D eigenvalue weighted by Gasteiger charge is 2.45. The molecular weight excluding hydrogens is 457 g/mol. The first-order valence-electron chi connectivity index (χ1n) is 9.30. The van der Waals surface area contributed by atoms with E-state index in [1.54, 1.807) is 7.05 Å². The number of carbonyl (C=O) groups is 2. The van der Waals surface area contributed by atoms with Gasteiger partial charge >= 0.3 is 6.03 Å². The van der Waals surface area contributed by atoms with E-state index in [2.05, 4.69) is 44.8 Å². The lowest BCUT2D eigenvalue weighted by Gasteiger charge is -2.27. The van der Waals surface area contributed by atoms with Gasteiger partial charge in [0.15, 0.2) is 5.96 Å². The van der Waals surface area contributed by atoms with Crippen molar-refractivity contribution in [3.63, 3.8) is 0 Å². The van der Waals surface area contributed by atoms with E-state index in [-0.39, 0.29) is 47.9 Å². The number of fused-ring (bicyclic) bond motifs is 2. The number of nitrogens with one attached hydrogen (secondary N) is 2. The fourth-order valence-electron chi connectivity index (χ4n) is 4.55. The molecule has 1 aromatic rings. The first-order valence-corrected chi connectivity index (χ1v) is 9.30. The molecule has 1 saturated carbocycles. The fourth-order valence-corrected chi connectivity index (χ4v) is 4.55. The Morgan fingerprint density at radius 2 is 2.00 bits per heavy atom. The van der Waals surface area contributed by atoms with Crippen molar-refractivity contribution in [2.75, 3.05) is 38.1 Å². The highest BCUT2D eigenvalue weighted by molar-refractivity contribution is 14.0. The van der Waals surface area contributed by atoms with E-state index < -0.39 is 0 Å². The number of rotatable bonds is 3. The van der Waals surface area contributed by atoms with E-state index in [9.17, 15) is 9.59 Å². The summed E-state index contributed by atoms with van der Waals surface area (Å²) in [5.41, 5.74) is 2.88. The summed E-state index contributed by atoms with van der Waals surface area (Å²) in [4.78, 5) is 31.3. The van der Waals surface area contributed by atoms with Gasteiger partial charge in [-0.1, -0.05) is 31.0 Å². The number of halogens is 1. The van der Waals surface area contributed by atoms with Gasteiger partial charge in [-0.25, -0.2) is 4.79 Å². The Kier molecular flexibility index (Phi) is 5.92. The van der Waals surface area contributed by atoms with Gasteiger partial charge in [-0.2, -0.15) is 0 Å². The minimum atomic E-state index is -0.316. The van der Waals surface area contributed by atoms with Crippen LogP contribution in [0.3, 0.4) is 0 Å². The summed E-state index contributed by atoms with van der Waals surface area (Å²) in [6.07, 6.45) is 5.00. The number of anilines is 1. The summed E-state index contributed by atoms with van der Waals surface area (Å²) in [5, 5.41) is 5.87. The van der Waals surface area contributed by atoms with Crippen LogP contribution in [0.2, 0.25) is 0 Å². The summed E-state index contributed by atoms with van der Waals surface area (Å²) < 4.78 is 0. The van der Waals surface area contributed by atoms with Crippen LogP contribution >= 0.6 is 24.0 Å². The van der Waals surface area contributed by atoms with Crippen LogP contribution in [0.25, 0.3) is 0 Å². The van der Waals surface area contributed by atoms with Crippen LogP contribution in [0, 0.1) is 0 Å². The first kappa shape index (κ1) is 19.9. The molecule has 0 aromatic heterocycles. The molecule has 2 aliphatic heterocycles. The smallest absolute Gasteiger partial charge is 0.324 e. The average Bonchev–Trinajstić information content (AvgIpc) is 3.34. The molecule has 8 heteroatoms. The summed E-state index contributed by atoms with van der Waals surface area (Å²) >= 11 is 0. The Balaban J connectivity index is 0.00000210. The summed E-state index contributed by atoms with van der Waals surface area (Å²) in [6, 6.07) is 8.29. The second-order valence-electron chi connectivity index (χ2n) is 7.27. The minimum absolute atomic E-state index is 0. The van der Waals surface area contributed by atoms with Crippen molar-refractivity contribution in [1.29, 1.82) is 0 Å². The Morgan fingerprint density at radius 1 is 1.26 bits per heavy atom. The van der Waals surface area contributed by atoms with E-state index >= 15 is 0 Å². The second-order valence-corrected chi connectivity index (χ2v) is 7.27. The number of benzene rings is 1. The molecule has 2 fully saturated rings. The highest BCUT2D eigenvalue weighted by atomic mass is 127. The maximum Gasteiger partial charge on any atom is 0.324 e. The first-order chi connectivity index (χ1) is 12.6. The molecule has 0 unspecified atom stereocenters. The SMILES string of the molecule is CN=C(NCCN1C(=O)CNC1=O)N1CC2(CCCC2)c2ccccc21.I. The normalized spacial score (nSPS) is 20.7. The van der Waals surface area contributed by atoms with Crippen molar-refractivity contribution in [3.8, 4) is 0 Å². The zero-order chi connectivity index (χ0) is 18.1. The predicted molar refractivity (Wildman–Crippen MR) is 116 cm³/mol. The largest absolute Gasteiger partial charge is 0.354 e. The molecule has 3 amide bonds. The molecule has 2 heterocycles. The number of hydrogen-bond donors (Lipinski definition) is 2. The zero-order valence-electron chi connectivity index (χ0n) is 15.5. The molecule has 0 atom stereocenters. The maximum absolute atomic E-state index is 11.7. The van der Waals surface area contributed by atoms with Crippen molar-refractivity contribution in [3.05, 3.63) is 29.8 Å². The van der Waals surface area contributed by atoms with Gasteiger partial charge in [0.05, 0.1) is 6.54 Å². The lowest BCUT2D eigenvalue weighted by atomic mass is 9.81. The topological polar surface area (TPSA) is 77.0 Å². The molecule has 1 saturated heterocycles. The van der Waals surface area contributed by atoms with Crippen LogP contribution < -0.4 is 15.5 Å². The number of amides is 3. The number of carbonyl (C=O) groups excluding carboxylic acids is 2. The molecule has 1 aromatic carbocycles. The number of aliphatic imine (C=N–C) groups is 1. The molecule has 4 rings (SSSR count). The Bertz CT molecular complexity index is 744. The maximum atomic E-state index is 11.7. The van der Waals surface area contributed by atoms with Crippen LogP contribution in [-0.4, -0.2) is 56.0 Å². The van der Waals surface area contributed by atoms with Crippen LogP contribution in [0.15, 0.2) is 29.3 Å². The van der Waals surface area contributed by atoms with Crippen LogP contribution in [-0.2, 0) is 10.2 Å². The quantitative estimate of drug-likeness (QED) is 0.299. The van der Waals surface area contributed by atoms with Crippen molar-refractivity contribution in [1.82, 2.24) is 15.5 Å². The molecule has 2 N–H and O–H groups in total. The van der Waals surface area contributed by atoms with Gasteiger partial charge in [0, 0.05) is 37.8 Å². The molecule has 27 heavy (non-hydrogen) atoms. The van der Waals surface area contributed by atoms with Gasteiger partial charge in [-0.15, -0.1) is 24.0 Å². The standard InChI is InChI=1S/C19H25N5O2.HI/c1-20-17(21-10-11-23-16(25)12-22-18(23)26)24-13-19(8-4-5-9-19)14-6-2-3-7-15(14)24;/h2-3,6-7H,4-5,8-13H2,1H3,(H,20,21)(H,22,26);1H. The number of para-hydroxylation sites is 1. The van der Waals surface area contributed by atoms with Crippen molar-refractivity contribution in [2.45, 2.75) is 31.1 Å². The molecular formula is C19H26IN5O2. The fraction of sp³-hybridized carbons (Fsp3) is 0.526. The molecule has 7 nitrogen and oxygen atoms in total. The van der Waals surface area contributed by atoms with Crippen LogP contribution in [0.4, 0.5) is 10.5 Å². The number of nitrogens with zero attached hydrogens (tertiary/aromatic N) is 3. The monoisotopic (exact) mass is 483 g/mol. The Morgan fingerprint density at radius 3 is 2.67 bits per heavy atom. The van der Waals surface area contributed by atoms with Crippen molar-refractivity contribution in [2.24, 2.45) is 4.99 Å². The van der Waals surface area contributed by atoms with E-state index in [4.69, 9.17) is 0 Å². The van der Waals surface area contributed by atoms with Crippen LogP contribution in [0.5, 0.6) is 0 Å². The zero-order valence-corrected chi connectivity index (χ0v) is 17.9.